The first kappa shape index (κ1) is 23.2. The van der Waals surface area contributed by atoms with Gasteiger partial charge < -0.3 is 25.5 Å². The molecule has 0 fully saturated rings. The van der Waals surface area contributed by atoms with Gasteiger partial charge in [-0.25, -0.2) is 0 Å². The molecule has 3 rings (SSSR count). The lowest BCUT2D eigenvalue weighted by atomic mass is 9.91. The zero-order chi connectivity index (χ0) is 23.1. The lowest BCUT2D eigenvalue weighted by Gasteiger charge is -2.32. The maximum atomic E-state index is 12.6. The highest BCUT2D eigenvalue weighted by Gasteiger charge is 2.43. The molecule has 0 radical (unpaired) electrons. The van der Waals surface area contributed by atoms with Crippen LogP contribution in [0.4, 0.5) is 0 Å². The van der Waals surface area contributed by atoms with Crippen LogP contribution in [0.1, 0.15) is 45.9 Å². The minimum absolute atomic E-state index is 0.199. The summed E-state index contributed by atoms with van der Waals surface area (Å²) in [4.78, 5) is 25.0. The average Bonchev–Trinajstić information content (AvgIpc) is 3.25. The molecule has 0 saturated carbocycles. The van der Waals surface area contributed by atoms with Gasteiger partial charge >= 0.3 is 0 Å². The summed E-state index contributed by atoms with van der Waals surface area (Å²) in [6.07, 6.45) is 0.949. The average molecular weight is 466 g/mol. The minimum Gasteiger partial charge on any atom is -0.448 e. The van der Waals surface area contributed by atoms with Crippen molar-refractivity contribution in [1.82, 2.24) is 16.0 Å². The van der Waals surface area contributed by atoms with Gasteiger partial charge in [0.05, 0.1) is 22.9 Å². The number of halogens is 2. The van der Waals surface area contributed by atoms with Crippen LogP contribution in [0.25, 0.3) is 0 Å². The third kappa shape index (κ3) is 4.18. The third-order valence-corrected chi connectivity index (χ3v) is 5.92. The predicted octanol–water partition coefficient (Wildman–Crippen LogP) is 3.58. The van der Waals surface area contributed by atoms with Gasteiger partial charge in [0.15, 0.2) is 11.3 Å². The van der Waals surface area contributed by atoms with Crippen LogP contribution in [0, 0.1) is 0 Å². The molecular weight excluding hydrogens is 441 g/mol. The lowest BCUT2D eigenvalue weighted by molar-refractivity contribution is -0.125. The Kier molecular flexibility index (Phi) is 6.41. The van der Waals surface area contributed by atoms with Crippen molar-refractivity contribution in [3.8, 4) is 0 Å². The molecule has 0 saturated heterocycles. The second-order valence-electron chi connectivity index (χ2n) is 7.87. The number of carbonyl (C=O) groups is 2. The molecule has 166 valence electrons. The molecule has 0 bridgehead atoms. The minimum atomic E-state index is -1.35. The summed E-state index contributed by atoms with van der Waals surface area (Å²) in [6, 6.07) is 3.01. The van der Waals surface area contributed by atoms with Crippen LogP contribution >= 0.6 is 23.2 Å². The molecular formula is C22H25Cl2N3O4. The number of carbonyl (C=O) groups excluding carboxylic acids is 2. The number of ketones is 1. The monoisotopic (exact) mass is 465 g/mol. The first-order valence-corrected chi connectivity index (χ1v) is 10.6. The van der Waals surface area contributed by atoms with E-state index < -0.39 is 17.4 Å². The number of furan rings is 1. The topological polar surface area (TPSA) is 104 Å². The highest BCUT2D eigenvalue weighted by molar-refractivity contribution is 6.33. The Bertz CT molecular complexity index is 1050. The number of hydrogen-bond acceptors (Lipinski definition) is 6. The Morgan fingerprint density at radius 3 is 2.65 bits per heavy atom. The Morgan fingerprint density at radius 2 is 2.10 bits per heavy atom. The molecule has 1 aromatic heterocycles. The molecule has 0 spiro atoms. The second-order valence-corrected chi connectivity index (χ2v) is 8.65. The van der Waals surface area contributed by atoms with E-state index in [1.807, 2.05) is 20.8 Å². The van der Waals surface area contributed by atoms with E-state index in [-0.39, 0.29) is 39.8 Å². The molecule has 1 aliphatic heterocycles. The number of aliphatic hydroxyl groups is 1. The van der Waals surface area contributed by atoms with E-state index >= 15 is 0 Å². The van der Waals surface area contributed by atoms with Crippen LogP contribution < -0.4 is 16.0 Å². The molecule has 4 N–H and O–H groups in total. The number of allylic oxidation sites excluding steroid dienone is 1. The number of Topliss-reactive ketones (excluding diaryl/α,β-unsaturated/α-hetero) is 1. The van der Waals surface area contributed by atoms with E-state index in [4.69, 9.17) is 27.6 Å². The molecule has 1 aromatic rings. The number of amides is 1. The Hall–Kier alpha value is -2.48. The molecule has 1 amide bonds. The summed E-state index contributed by atoms with van der Waals surface area (Å²) < 4.78 is 5.44. The smallest absolute Gasteiger partial charge is 0.254 e. The lowest BCUT2D eigenvalue weighted by Crippen LogP contribution is -2.48. The molecule has 1 unspecified atom stereocenters. The van der Waals surface area contributed by atoms with Crippen LogP contribution in [0.3, 0.4) is 0 Å². The fourth-order valence-electron chi connectivity index (χ4n) is 3.71. The summed E-state index contributed by atoms with van der Waals surface area (Å²) in [7, 11) is 0. The highest BCUT2D eigenvalue weighted by atomic mass is 35.5. The standard InChI is InChI=1S/C22H25Cl2N3O4/c1-6-11(23)16-15(21(30)27-22(16,4)5)10(3)25-17-18(20(29)19(17)28)26-12(7-2)13-8-9-14(24)31-13/h6,8-9,12,19,25-26,28H,3,7H2,1-2,4-5H3,(H,27,30)/b11-6+/t12-,19?/m1/s1. The predicted molar refractivity (Wildman–Crippen MR) is 119 cm³/mol. The van der Waals surface area contributed by atoms with Gasteiger partial charge in [-0.15, -0.1) is 0 Å². The summed E-state index contributed by atoms with van der Waals surface area (Å²) in [5.74, 6) is -0.248. The summed E-state index contributed by atoms with van der Waals surface area (Å²) in [6.45, 7) is 11.3. The fourth-order valence-corrected chi connectivity index (χ4v) is 4.20. The SMILES string of the molecule is C=C(NC1=C(N[C@H](CC)c2ccc(Cl)o2)C(=O)C1O)C1=C(/C(Cl)=C\C)C(C)(C)NC1=O. The first-order chi connectivity index (χ1) is 14.5. The van der Waals surface area contributed by atoms with Crippen molar-refractivity contribution in [3.63, 3.8) is 0 Å². The van der Waals surface area contributed by atoms with Crippen molar-refractivity contribution in [2.75, 3.05) is 0 Å². The molecule has 9 heteroatoms. The number of aliphatic hydroxyl groups excluding tert-OH is 1. The van der Waals surface area contributed by atoms with E-state index in [0.29, 0.717) is 22.8 Å². The van der Waals surface area contributed by atoms with Crippen LogP contribution in [-0.2, 0) is 9.59 Å². The number of hydrogen-bond donors (Lipinski definition) is 4. The molecule has 1 aliphatic carbocycles. The Morgan fingerprint density at radius 1 is 1.42 bits per heavy atom. The maximum absolute atomic E-state index is 12.6. The van der Waals surface area contributed by atoms with E-state index in [9.17, 15) is 14.7 Å². The van der Waals surface area contributed by atoms with Crippen molar-refractivity contribution in [3.05, 3.63) is 69.0 Å². The van der Waals surface area contributed by atoms with Crippen molar-refractivity contribution < 1.29 is 19.1 Å². The van der Waals surface area contributed by atoms with Crippen molar-refractivity contribution in [1.29, 1.82) is 0 Å². The molecule has 31 heavy (non-hydrogen) atoms. The van der Waals surface area contributed by atoms with Crippen LogP contribution in [0.15, 0.2) is 62.5 Å². The maximum Gasteiger partial charge on any atom is 0.254 e. The van der Waals surface area contributed by atoms with Gasteiger partial charge in [-0.3, -0.25) is 9.59 Å². The van der Waals surface area contributed by atoms with Crippen molar-refractivity contribution in [2.24, 2.45) is 0 Å². The van der Waals surface area contributed by atoms with Gasteiger partial charge in [0.2, 0.25) is 5.78 Å². The van der Waals surface area contributed by atoms with Gasteiger partial charge in [-0.2, -0.15) is 0 Å². The van der Waals surface area contributed by atoms with Gasteiger partial charge in [0.25, 0.3) is 5.91 Å². The largest absolute Gasteiger partial charge is 0.448 e. The third-order valence-electron chi connectivity index (χ3n) is 5.31. The highest BCUT2D eigenvalue weighted by Crippen LogP contribution is 2.37. The summed E-state index contributed by atoms with van der Waals surface area (Å²) in [5, 5.41) is 19.8. The van der Waals surface area contributed by atoms with Gasteiger partial charge in [-0.05, 0) is 50.9 Å². The summed E-state index contributed by atoms with van der Waals surface area (Å²) >= 11 is 12.2. The van der Waals surface area contributed by atoms with E-state index in [0.717, 1.165) is 0 Å². The summed E-state index contributed by atoms with van der Waals surface area (Å²) in [5.41, 5.74) is 0.822. The van der Waals surface area contributed by atoms with Gasteiger partial charge in [-0.1, -0.05) is 31.2 Å². The number of rotatable bonds is 8. The van der Waals surface area contributed by atoms with E-state index in [1.54, 1.807) is 25.1 Å². The fraction of sp³-hybridized carbons (Fsp3) is 0.364. The normalized spacial score (nSPS) is 21.8. The first-order valence-electron chi connectivity index (χ1n) is 9.85. The van der Waals surface area contributed by atoms with Crippen LogP contribution in [0.5, 0.6) is 0 Å². The second kappa shape index (κ2) is 8.57. The molecule has 2 atom stereocenters. The van der Waals surface area contributed by atoms with Gasteiger partial charge in [0.1, 0.15) is 11.5 Å². The quantitative estimate of drug-likeness (QED) is 0.467. The molecule has 2 aliphatic rings. The van der Waals surface area contributed by atoms with E-state index in [1.165, 1.54) is 0 Å². The van der Waals surface area contributed by atoms with Gasteiger partial charge in [0, 0.05) is 16.3 Å². The van der Waals surface area contributed by atoms with E-state index in [2.05, 4.69) is 22.5 Å². The zero-order valence-corrected chi connectivity index (χ0v) is 19.2. The van der Waals surface area contributed by atoms with Crippen LogP contribution in [-0.4, -0.2) is 28.4 Å². The molecule has 0 aromatic carbocycles. The molecule has 2 heterocycles. The van der Waals surface area contributed by atoms with Crippen molar-refractivity contribution in [2.45, 2.75) is 51.8 Å². The zero-order valence-electron chi connectivity index (χ0n) is 17.7. The number of nitrogens with one attached hydrogen (secondary N) is 3. The van der Waals surface area contributed by atoms with Crippen LogP contribution in [0.2, 0.25) is 5.22 Å². The Balaban J connectivity index is 1.92. The van der Waals surface area contributed by atoms with Crippen molar-refractivity contribution >= 4 is 34.9 Å². The molecule has 7 nitrogen and oxygen atoms in total. The Labute approximate surface area is 190 Å².